The van der Waals surface area contributed by atoms with E-state index in [2.05, 4.69) is 44.1 Å². The molecule has 1 aromatic carbocycles. The van der Waals surface area contributed by atoms with Crippen LogP contribution in [0, 0.1) is 0 Å². The topological polar surface area (TPSA) is 61.9 Å². The molecule has 1 aliphatic rings. The summed E-state index contributed by atoms with van der Waals surface area (Å²) >= 11 is 0. The molecular formula is C19H23N5. The van der Waals surface area contributed by atoms with Crippen molar-refractivity contribution < 1.29 is 0 Å². The molecule has 124 valence electrons. The largest absolute Gasteiger partial charge is 0.339 e. The second kappa shape index (κ2) is 7.86. The predicted molar refractivity (Wildman–Crippen MR) is 99.7 cm³/mol. The van der Waals surface area contributed by atoms with Gasteiger partial charge in [-0.1, -0.05) is 18.2 Å². The number of hydrogen-bond acceptors (Lipinski definition) is 5. The van der Waals surface area contributed by atoms with Crippen LogP contribution in [0.25, 0.3) is 10.9 Å². The molecule has 3 aromatic rings. The molecule has 5 nitrogen and oxygen atoms in total. The van der Waals surface area contributed by atoms with E-state index < -0.39 is 0 Å². The summed E-state index contributed by atoms with van der Waals surface area (Å²) < 4.78 is 0. The van der Waals surface area contributed by atoms with Crippen molar-refractivity contribution in [2.75, 3.05) is 26.0 Å². The number of anilines is 2. The van der Waals surface area contributed by atoms with Gasteiger partial charge < -0.3 is 16.0 Å². The summed E-state index contributed by atoms with van der Waals surface area (Å²) in [5.74, 6) is 0.950. The van der Waals surface area contributed by atoms with E-state index in [9.17, 15) is 0 Å². The Kier molecular flexibility index (Phi) is 5.36. The van der Waals surface area contributed by atoms with Gasteiger partial charge in [0.15, 0.2) is 0 Å². The first-order valence-corrected chi connectivity index (χ1v) is 8.19. The second-order valence-electron chi connectivity index (χ2n) is 5.77. The van der Waals surface area contributed by atoms with Gasteiger partial charge >= 0.3 is 0 Å². The SMILES string of the molecule is CNC.c1ccc2ncc(Nc3nccc4c3CCNC4)cc2c1. The molecule has 4 rings (SSSR count). The summed E-state index contributed by atoms with van der Waals surface area (Å²) in [6, 6.07) is 12.3. The third-order valence-electron chi connectivity index (χ3n) is 3.87. The summed E-state index contributed by atoms with van der Waals surface area (Å²) in [4.78, 5) is 8.99. The third-order valence-corrected chi connectivity index (χ3v) is 3.87. The van der Waals surface area contributed by atoms with Crippen LogP contribution < -0.4 is 16.0 Å². The lowest BCUT2D eigenvalue weighted by Gasteiger charge is -2.20. The summed E-state index contributed by atoms with van der Waals surface area (Å²) in [5, 5.41) is 10.7. The highest BCUT2D eigenvalue weighted by Crippen LogP contribution is 2.25. The van der Waals surface area contributed by atoms with E-state index in [1.54, 1.807) is 0 Å². The van der Waals surface area contributed by atoms with E-state index in [0.29, 0.717) is 0 Å². The molecule has 3 heterocycles. The van der Waals surface area contributed by atoms with Crippen molar-refractivity contribution in [3.63, 3.8) is 0 Å². The average Bonchev–Trinajstić information content (AvgIpc) is 2.63. The molecule has 0 saturated heterocycles. The molecule has 0 fully saturated rings. The van der Waals surface area contributed by atoms with Crippen molar-refractivity contribution in [1.29, 1.82) is 0 Å². The Bertz CT molecular complexity index is 816. The van der Waals surface area contributed by atoms with E-state index in [0.717, 1.165) is 41.9 Å². The monoisotopic (exact) mass is 321 g/mol. The maximum absolute atomic E-state index is 4.50. The summed E-state index contributed by atoms with van der Waals surface area (Å²) in [6.07, 6.45) is 4.74. The van der Waals surface area contributed by atoms with Gasteiger partial charge in [-0.05, 0) is 50.8 Å². The molecule has 0 amide bonds. The number of benzene rings is 1. The zero-order chi connectivity index (χ0) is 16.8. The minimum atomic E-state index is 0.919. The van der Waals surface area contributed by atoms with Crippen LogP contribution in [-0.2, 0) is 13.0 Å². The van der Waals surface area contributed by atoms with Gasteiger partial charge in [-0.15, -0.1) is 0 Å². The first-order valence-electron chi connectivity index (χ1n) is 8.19. The van der Waals surface area contributed by atoms with Crippen LogP contribution in [0.1, 0.15) is 11.1 Å². The number of aromatic nitrogens is 2. The molecule has 24 heavy (non-hydrogen) atoms. The van der Waals surface area contributed by atoms with Crippen LogP contribution in [0.15, 0.2) is 48.8 Å². The lowest BCUT2D eigenvalue weighted by molar-refractivity contribution is 0.642. The molecule has 0 radical (unpaired) electrons. The number of nitrogens with zero attached hydrogens (tertiary/aromatic N) is 2. The van der Waals surface area contributed by atoms with Gasteiger partial charge in [0, 0.05) is 23.7 Å². The summed E-state index contributed by atoms with van der Waals surface area (Å²) in [6.45, 7) is 1.92. The molecule has 5 heteroatoms. The Morgan fingerprint density at radius 3 is 2.79 bits per heavy atom. The molecule has 0 aliphatic carbocycles. The zero-order valence-corrected chi connectivity index (χ0v) is 14.1. The average molecular weight is 321 g/mol. The molecular weight excluding hydrogens is 298 g/mol. The van der Waals surface area contributed by atoms with Crippen molar-refractivity contribution in [1.82, 2.24) is 20.6 Å². The molecule has 0 spiro atoms. The minimum Gasteiger partial charge on any atom is -0.339 e. The van der Waals surface area contributed by atoms with Crippen molar-refractivity contribution in [2.45, 2.75) is 13.0 Å². The fraction of sp³-hybridized carbons (Fsp3) is 0.263. The normalized spacial score (nSPS) is 12.9. The van der Waals surface area contributed by atoms with Crippen LogP contribution in [0.4, 0.5) is 11.5 Å². The lowest BCUT2D eigenvalue weighted by Crippen LogP contribution is -2.24. The van der Waals surface area contributed by atoms with Crippen LogP contribution in [0.2, 0.25) is 0 Å². The fourth-order valence-corrected chi connectivity index (χ4v) is 2.80. The molecule has 1 aliphatic heterocycles. The van der Waals surface area contributed by atoms with Crippen molar-refractivity contribution in [3.8, 4) is 0 Å². The molecule has 0 saturated carbocycles. The molecule has 0 unspecified atom stereocenters. The van der Waals surface area contributed by atoms with Gasteiger partial charge in [0.1, 0.15) is 5.82 Å². The van der Waals surface area contributed by atoms with E-state index in [-0.39, 0.29) is 0 Å². The second-order valence-corrected chi connectivity index (χ2v) is 5.77. The zero-order valence-electron chi connectivity index (χ0n) is 14.1. The smallest absolute Gasteiger partial charge is 0.133 e. The van der Waals surface area contributed by atoms with Crippen LogP contribution in [0.5, 0.6) is 0 Å². The van der Waals surface area contributed by atoms with Gasteiger partial charge in [-0.2, -0.15) is 0 Å². The van der Waals surface area contributed by atoms with E-state index in [1.165, 1.54) is 11.1 Å². The lowest BCUT2D eigenvalue weighted by atomic mass is 10.0. The van der Waals surface area contributed by atoms with Gasteiger partial charge in [-0.3, -0.25) is 4.98 Å². The highest BCUT2D eigenvalue weighted by molar-refractivity contribution is 5.82. The van der Waals surface area contributed by atoms with Gasteiger partial charge in [0.2, 0.25) is 0 Å². The molecule has 2 aromatic heterocycles. The molecule has 0 atom stereocenters. The number of nitrogens with one attached hydrogen (secondary N) is 3. The Balaban J connectivity index is 0.000000526. The number of fused-ring (bicyclic) bond motifs is 2. The Labute approximate surface area is 142 Å². The number of rotatable bonds is 2. The molecule has 0 bridgehead atoms. The van der Waals surface area contributed by atoms with E-state index >= 15 is 0 Å². The first kappa shape index (κ1) is 16.4. The standard InChI is InChI=1S/C17H16N4.C2H7N/c1-2-4-16-12(3-1)9-14(11-20-16)21-17-15-6-7-18-10-13(15)5-8-19-17;1-3-2/h1-5,8-9,11,18H,6-7,10H2,(H,19,21);3H,1-2H3. The van der Waals surface area contributed by atoms with Crippen molar-refractivity contribution in [3.05, 3.63) is 59.9 Å². The molecule has 3 N–H and O–H groups in total. The van der Waals surface area contributed by atoms with Gasteiger partial charge in [0.25, 0.3) is 0 Å². The highest BCUT2D eigenvalue weighted by atomic mass is 15.0. The maximum atomic E-state index is 4.50. The van der Waals surface area contributed by atoms with Crippen LogP contribution >= 0.6 is 0 Å². The number of hydrogen-bond donors (Lipinski definition) is 3. The quantitative estimate of drug-likeness (QED) is 0.677. The summed E-state index contributed by atoms with van der Waals surface area (Å²) in [7, 11) is 3.75. The summed E-state index contributed by atoms with van der Waals surface area (Å²) in [5.41, 5.74) is 4.63. The number of para-hydroxylation sites is 1. The minimum absolute atomic E-state index is 0.919. The van der Waals surface area contributed by atoms with E-state index in [1.807, 2.05) is 44.7 Å². The van der Waals surface area contributed by atoms with Crippen molar-refractivity contribution >= 4 is 22.4 Å². The van der Waals surface area contributed by atoms with Crippen LogP contribution in [0.3, 0.4) is 0 Å². The Morgan fingerprint density at radius 2 is 1.92 bits per heavy atom. The Hall–Kier alpha value is -2.50. The van der Waals surface area contributed by atoms with E-state index in [4.69, 9.17) is 0 Å². The fourth-order valence-electron chi connectivity index (χ4n) is 2.80. The third kappa shape index (κ3) is 3.69. The number of pyridine rings is 2. The van der Waals surface area contributed by atoms with Gasteiger partial charge in [-0.25, -0.2) is 4.98 Å². The highest BCUT2D eigenvalue weighted by Gasteiger charge is 2.13. The van der Waals surface area contributed by atoms with Crippen LogP contribution in [-0.4, -0.2) is 30.6 Å². The predicted octanol–water partition coefficient (Wildman–Crippen LogP) is 2.85. The van der Waals surface area contributed by atoms with Gasteiger partial charge in [0.05, 0.1) is 17.4 Å². The van der Waals surface area contributed by atoms with Crippen molar-refractivity contribution in [2.24, 2.45) is 0 Å². The Morgan fingerprint density at radius 1 is 1.08 bits per heavy atom. The first-order chi connectivity index (χ1) is 11.8. The maximum Gasteiger partial charge on any atom is 0.133 e.